The summed E-state index contributed by atoms with van der Waals surface area (Å²) in [5, 5.41) is 9.67. The van der Waals surface area contributed by atoms with Crippen LogP contribution in [0.4, 0.5) is 5.69 Å². The van der Waals surface area contributed by atoms with Crippen LogP contribution < -0.4 is 16.0 Å². The largest absolute Gasteiger partial charge is 0.388 e. The zero-order valence-electron chi connectivity index (χ0n) is 12.4. The molecule has 0 bridgehead atoms. The number of anilines is 1. The molecule has 1 aliphatic rings. The van der Waals surface area contributed by atoms with Crippen LogP contribution >= 0.6 is 0 Å². The molecule has 0 spiro atoms. The summed E-state index contributed by atoms with van der Waals surface area (Å²) in [7, 11) is 1.88. The summed E-state index contributed by atoms with van der Waals surface area (Å²) in [6, 6.07) is 8.39. The van der Waals surface area contributed by atoms with Crippen LogP contribution in [-0.2, 0) is 4.79 Å². The van der Waals surface area contributed by atoms with Gasteiger partial charge in [0.15, 0.2) is 0 Å². The lowest BCUT2D eigenvalue weighted by Gasteiger charge is -2.24. The lowest BCUT2D eigenvalue weighted by Crippen LogP contribution is -2.44. The second kappa shape index (κ2) is 7.29. The normalized spacial score (nSPS) is 20.2. The minimum atomic E-state index is -0.137. The summed E-state index contributed by atoms with van der Waals surface area (Å²) in [4.78, 5) is 12.3. The third-order valence-corrected chi connectivity index (χ3v) is 4.02. The lowest BCUT2D eigenvalue weighted by atomic mass is 9.98. The van der Waals surface area contributed by atoms with Crippen LogP contribution in [0, 0.1) is 0 Å². The molecule has 0 radical (unpaired) electrons. The molecule has 1 heterocycles. The van der Waals surface area contributed by atoms with E-state index in [0.29, 0.717) is 6.04 Å². The van der Waals surface area contributed by atoms with Gasteiger partial charge >= 0.3 is 0 Å². The average molecular weight is 275 g/mol. The van der Waals surface area contributed by atoms with E-state index in [9.17, 15) is 4.79 Å². The van der Waals surface area contributed by atoms with E-state index in [0.717, 1.165) is 30.8 Å². The fourth-order valence-electron chi connectivity index (χ4n) is 2.72. The van der Waals surface area contributed by atoms with Crippen molar-refractivity contribution >= 4 is 11.6 Å². The summed E-state index contributed by atoms with van der Waals surface area (Å²) in [6.45, 7) is 3.75. The lowest BCUT2D eigenvalue weighted by molar-refractivity contribution is -0.122. The molecule has 0 saturated carbocycles. The number of rotatable bonds is 5. The molecule has 1 aromatic rings. The molecule has 110 valence electrons. The molecule has 1 aromatic carbocycles. The highest BCUT2D eigenvalue weighted by atomic mass is 16.1. The first-order valence-electron chi connectivity index (χ1n) is 7.50. The van der Waals surface area contributed by atoms with E-state index in [1.807, 2.05) is 38.2 Å². The number of para-hydroxylation sites is 1. The van der Waals surface area contributed by atoms with Crippen molar-refractivity contribution in [3.8, 4) is 0 Å². The third-order valence-electron chi connectivity index (χ3n) is 4.02. The van der Waals surface area contributed by atoms with Gasteiger partial charge in [-0.15, -0.1) is 0 Å². The van der Waals surface area contributed by atoms with Gasteiger partial charge in [-0.3, -0.25) is 4.79 Å². The molecule has 0 aliphatic carbocycles. The summed E-state index contributed by atoms with van der Waals surface area (Å²) in [6.07, 6.45) is 3.66. The predicted octanol–water partition coefficient (Wildman–Crippen LogP) is 2.09. The van der Waals surface area contributed by atoms with Gasteiger partial charge in [-0.05, 0) is 37.9 Å². The minimum Gasteiger partial charge on any atom is -0.388 e. The molecular formula is C16H25N3O. The van der Waals surface area contributed by atoms with Gasteiger partial charge in [-0.25, -0.2) is 0 Å². The summed E-state index contributed by atoms with van der Waals surface area (Å²) < 4.78 is 0. The van der Waals surface area contributed by atoms with Gasteiger partial charge in [0, 0.05) is 25.3 Å². The van der Waals surface area contributed by atoms with Crippen LogP contribution in [0.3, 0.4) is 0 Å². The Balaban J connectivity index is 1.90. The number of carbonyl (C=O) groups is 1. The number of amides is 1. The fraction of sp³-hybridized carbons (Fsp3) is 0.562. The summed E-state index contributed by atoms with van der Waals surface area (Å²) >= 11 is 0. The van der Waals surface area contributed by atoms with E-state index in [1.165, 1.54) is 12.8 Å². The van der Waals surface area contributed by atoms with Crippen LogP contribution in [0.25, 0.3) is 0 Å². The van der Waals surface area contributed by atoms with E-state index in [4.69, 9.17) is 0 Å². The quantitative estimate of drug-likeness (QED) is 0.771. The highest BCUT2D eigenvalue weighted by Crippen LogP contribution is 2.24. The van der Waals surface area contributed by atoms with Gasteiger partial charge in [-0.1, -0.05) is 24.6 Å². The van der Waals surface area contributed by atoms with E-state index in [-0.39, 0.29) is 11.8 Å². The summed E-state index contributed by atoms with van der Waals surface area (Å²) in [5.41, 5.74) is 2.06. The van der Waals surface area contributed by atoms with Crippen molar-refractivity contribution in [2.24, 2.45) is 0 Å². The van der Waals surface area contributed by atoms with Gasteiger partial charge in [0.1, 0.15) is 0 Å². The van der Waals surface area contributed by atoms with Crippen LogP contribution in [0.1, 0.15) is 37.7 Å². The molecule has 1 aliphatic heterocycles. The zero-order valence-corrected chi connectivity index (χ0v) is 12.4. The van der Waals surface area contributed by atoms with Crippen LogP contribution in [-0.4, -0.2) is 32.1 Å². The standard InChI is InChI=1S/C16H25N3O/c1-12(14-8-3-4-9-15(14)17-2)16(20)19-11-13-7-5-6-10-18-13/h3-4,8-9,12-13,17-18H,5-7,10-11H2,1-2H3,(H,19,20). The molecule has 1 saturated heterocycles. The molecular weight excluding hydrogens is 250 g/mol. The molecule has 20 heavy (non-hydrogen) atoms. The number of hydrogen-bond donors (Lipinski definition) is 3. The molecule has 2 unspecified atom stereocenters. The van der Waals surface area contributed by atoms with Gasteiger partial charge in [0.2, 0.25) is 5.91 Å². The monoisotopic (exact) mass is 275 g/mol. The number of nitrogens with one attached hydrogen (secondary N) is 3. The Labute approximate surface area is 121 Å². The first kappa shape index (κ1) is 14.9. The molecule has 2 rings (SSSR count). The van der Waals surface area contributed by atoms with Crippen LogP contribution in [0.5, 0.6) is 0 Å². The van der Waals surface area contributed by atoms with Gasteiger partial charge < -0.3 is 16.0 Å². The van der Waals surface area contributed by atoms with Crippen molar-refractivity contribution in [3.05, 3.63) is 29.8 Å². The molecule has 4 nitrogen and oxygen atoms in total. The van der Waals surface area contributed by atoms with Crippen molar-refractivity contribution in [3.63, 3.8) is 0 Å². The Morgan fingerprint density at radius 3 is 2.90 bits per heavy atom. The molecule has 3 N–H and O–H groups in total. The van der Waals surface area contributed by atoms with Crippen molar-refractivity contribution in [2.45, 2.75) is 38.1 Å². The second-order valence-corrected chi connectivity index (χ2v) is 5.45. The highest BCUT2D eigenvalue weighted by molar-refractivity contribution is 5.85. The minimum absolute atomic E-state index is 0.0973. The molecule has 4 heteroatoms. The Hall–Kier alpha value is -1.55. The fourth-order valence-corrected chi connectivity index (χ4v) is 2.72. The second-order valence-electron chi connectivity index (χ2n) is 5.45. The van der Waals surface area contributed by atoms with E-state index < -0.39 is 0 Å². The maximum absolute atomic E-state index is 12.3. The molecule has 2 atom stereocenters. The first-order valence-corrected chi connectivity index (χ1v) is 7.50. The van der Waals surface area contributed by atoms with Crippen molar-refractivity contribution < 1.29 is 4.79 Å². The van der Waals surface area contributed by atoms with E-state index >= 15 is 0 Å². The first-order chi connectivity index (χ1) is 9.72. The number of piperidine rings is 1. The van der Waals surface area contributed by atoms with Crippen molar-refractivity contribution in [1.82, 2.24) is 10.6 Å². The third kappa shape index (κ3) is 3.73. The van der Waals surface area contributed by atoms with Crippen molar-refractivity contribution in [2.75, 3.05) is 25.5 Å². The smallest absolute Gasteiger partial charge is 0.227 e. The Kier molecular flexibility index (Phi) is 5.41. The zero-order chi connectivity index (χ0) is 14.4. The Morgan fingerprint density at radius 2 is 2.20 bits per heavy atom. The molecule has 0 aromatic heterocycles. The SMILES string of the molecule is CNc1ccccc1C(C)C(=O)NCC1CCCCN1. The predicted molar refractivity (Wildman–Crippen MR) is 83.1 cm³/mol. The van der Waals surface area contributed by atoms with Gasteiger partial charge in [0.05, 0.1) is 5.92 Å². The van der Waals surface area contributed by atoms with Gasteiger partial charge in [-0.2, -0.15) is 0 Å². The van der Waals surface area contributed by atoms with E-state index in [2.05, 4.69) is 16.0 Å². The topological polar surface area (TPSA) is 53.2 Å². The number of hydrogen-bond acceptors (Lipinski definition) is 3. The average Bonchev–Trinajstić information content (AvgIpc) is 2.52. The van der Waals surface area contributed by atoms with Gasteiger partial charge in [0.25, 0.3) is 0 Å². The van der Waals surface area contributed by atoms with Crippen molar-refractivity contribution in [1.29, 1.82) is 0 Å². The van der Waals surface area contributed by atoms with Crippen LogP contribution in [0.2, 0.25) is 0 Å². The maximum atomic E-state index is 12.3. The van der Waals surface area contributed by atoms with Crippen LogP contribution in [0.15, 0.2) is 24.3 Å². The number of benzene rings is 1. The maximum Gasteiger partial charge on any atom is 0.227 e. The Morgan fingerprint density at radius 1 is 1.40 bits per heavy atom. The number of carbonyl (C=O) groups excluding carboxylic acids is 1. The molecule has 1 amide bonds. The summed E-state index contributed by atoms with van der Waals surface area (Å²) in [5.74, 6) is -0.0395. The molecule has 1 fully saturated rings. The highest BCUT2D eigenvalue weighted by Gasteiger charge is 2.19. The Bertz CT molecular complexity index is 441. The van der Waals surface area contributed by atoms with E-state index in [1.54, 1.807) is 0 Å².